The number of amides is 2. The first kappa shape index (κ1) is 19.8. The summed E-state index contributed by atoms with van der Waals surface area (Å²) in [4.78, 5) is 12.5. The zero-order valence-corrected chi connectivity index (χ0v) is 17.0. The summed E-state index contributed by atoms with van der Waals surface area (Å²) in [5, 5.41) is 7.99. The number of carbonyl (C=O) groups is 1. The van der Waals surface area contributed by atoms with E-state index < -0.39 is 0 Å². The maximum atomic E-state index is 13.3. The summed E-state index contributed by atoms with van der Waals surface area (Å²) >= 11 is 1.57. The van der Waals surface area contributed by atoms with Crippen LogP contribution in [0.2, 0.25) is 0 Å². The number of carbonyl (C=O) groups excluding carboxylic acids is 1. The number of rotatable bonds is 6. The van der Waals surface area contributed by atoms with Gasteiger partial charge in [0.05, 0.1) is 14.2 Å². The Morgan fingerprint density at radius 1 is 1.14 bits per heavy atom. The number of fused-ring (bicyclic) bond motifs is 1. The minimum Gasteiger partial charge on any atom is -0.497 e. The van der Waals surface area contributed by atoms with E-state index >= 15 is 0 Å². The number of ether oxygens (including phenoxy) is 2. The number of hydrogen-bond acceptors (Lipinski definition) is 6. The van der Waals surface area contributed by atoms with E-state index in [1.165, 1.54) is 12.1 Å². The van der Waals surface area contributed by atoms with Gasteiger partial charge < -0.3 is 14.8 Å². The molecule has 2 aromatic rings. The molecule has 3 unspecified atom stereocenters. The monoisotopic (exact) mass is 418 g/mol. The molecule has 0 spiro atoms. The molecule has 0 saturated carbocycles. The van der Waals surface area contributed by atoms with Crippen molar-refractivity contribution in [1.29, 1.82) is 0 Å². The van der Waals surface area contributed by atoms with Gasteiger partial charge in [0.15, 0.2) is 0 Å². The number of nitrogens with zero attached hydrogens (tertiary/aromatic N) is 1. The van der Waals surface area contributed by atoms with Crippen molar-refractivity contribution in [2.24, 2.45) is 0 Å². The standard InChI is InChI=1S/C20H23FN4O3S/c1-27-15-7-12(8-16(9-15)28-2)11-29-19-23-18-17(10-22-25(18)20(26)24-19)13-3-5-14(21)6-4-13/h3-9,17-19,22-23H,10-11H2,1-2H3,(H,24,26). The predicted octanol–water partition coefficient (Wildman–Crippen LogP) is 2.60. The van der Waals surface area contributed by atoms with Crippen LogP contribution in [0.1, 0.15) is 17.0 Å². The van der Waals surface area contributed by atoms with Crippen LogP contribution in [0.15, 0.2) is 42.5 Å². The summed E-state index contributed by atoms with van der Waals surface area (Å²) < 4.78 is 23.9. The van der Waals surface area contributed by atoms with Gasteiger partial charge in [-0.15, -0.1) is 11.8 Å². The molecule has 29 heavy (non-hydrogen) atoms. The number of halogens is 1. The maximum absolute atomic E-state index is 13.3. The first-order valence-corrected chi connectivity index (χ1v) is 10.3. The maximum Gasteiger partial charge on any atom is 0.335 e. The van der Waals surface area contributed by atoms with Gasteiger partial charge in [-0.25, -0.2) is 19.6 Å². The van der Waals surface area contributed by atoms with E-state index in [1.54, 1.807) is 43.1 Å². The minimum atomic E-state index is -0.270. The van der Waals surface area contributed by atoms with Gasteiger partial charge in [-0.1, -0.05) is 12.1 Å². The van der Waals surface area contributed by atoms with Crippen molar-refractivity contribution in [2.45, 2.75) is 23.3 Å². The van der Waals surface area contributed by atoms with Gasteiger partial charge in [-0.2, -0.15) is 0 Å². The predicted molar refractivity (Wildman–Crippen MR) is 109 cm³/mol. The molecule has 3 N–H and O–H groups in total. The van der Waals surface area contributed by atoms with Crippen LogP contribution in [0.3, 0.4) is 0 Å². The molecule has 0 aliphatic carbocycles. The molecule has 2 saturated heterocycles. The molecule has 7 nitrogen and oxygen atoms in total. The highest BCUT2D eigenvalue weighted by Crippen LogP contribution is 2.31. The van der Waals surface area contributed by atoms with Crippen LogP contribution in [-0.4, -0.2) is 43.5 Å². The third kappa shape index (κ3) is 4.26. The van der Waals surface area contributed by atoms with E-state index in [0.717, 1.165) is 22.6 Å². The molecular weight excluding hydrogens is 395 g/mol. The van der Waals surface area contributed by atoms with Gasteiger partial charge in [0.1, 0.15) is 29.0 Å². The highest BCUT2D eigenvalue weighted by Gasteiger charge is 2.43. The fourth-order valence-corrected chi connectivity index (χ4v) is 4.53. The Labute approximate surface area is 172 Å². The van der Waals surface area contributed by atoms with Crippen LogP contribution < -0.4 is 25.5 Å². The van der Waals surface area contributed by atoms with Crippen LogP contribution in [0, 0.1) is 5.82 Å². The van der Waals surface area contributed by atoms with E-state index in [0.29, 0.717) is 12.3 Å². The third-order valence-corrected chi connectivity index (χ3v) is 6.15. The summed E-state index contributed by atoms with van der Waals surface area (Å²) in [6, 6.07) is 12.0. The van der Waals surface area contributed by atoms with Crippen LogP contribution >= 0.6 is 11.8 Å². The zero-order chi connectivity index (χ0) is 20.4. The summed E-state index contributed by atoms with van der Waals surface area (Å²) in [6.07, 6.45) is -0.216. The van der Waals surface area contributed by atoms with Gasteiger partial charge in [-0.05, 0) is 35.4 Å². The molecule has 2 fully saturated rings. The lowest BCUT2D eigenvalue weighted by Crippen LogP contribution is -2.65. The Hall–Kier alpha value is -2.49. The summed E-state index contributed by atoms with van der Waals surface area (Å²) in [7, 11) is 3.23. The molecule has 2 aliphatic rings. The molecule has 154 valence electrons. The second kappa shape index (κ2) is 8.48. The van der Waals surface area contributed by atoms with Crippen LogP contribution in [0.4, 0.5) is 9.18 Å². The second-order valence-electron chi connectivity index (χ2n) is 6.86. The van der Waals surface area contributed by atoms with E-state index in [2.05, 4.69) is 16.1 Å². The van der Waals surface area contributed by atoms with Crippen LogP contribution in [0.25, 0.3) is 0 Å². The van der Waals surface area contributed by atoms with E-state index in [4.69, 9.17) is 9.47 Å². The van der Waals surface area contributed by atoms with Crippen molar-refractivity contribution in [3.63, 3.8) is 0 Å². The number of urea groups is 1. The van der Waals surface area contributed by atoms with Crippen molar-refractivity contribution >= 4 is 17.8 Å². The van der Waals surface area contributed by atoms with Gasteiger partial charge in [0.25, 0.3) is 0 Å². The Kier molecular flexibility index (Phi) is 5.79. The van der Waals surface area contributed by atoms with E-state index in [-0.39, 0.29) is 29.4 Å². The first-order valence-electron chi connectivity index (χ1n) is 9.25. The smallest absolute Gasteiger partial charge is 0.335 e. The lowest BCUT2D eigenvalue weighted by atomic mass is 9.97. The Balaban J connectivity index is 1.45. The normalized spacial score (nSPS) is 23.5. The van der Waals surface area contributed by atoms with Crippen molar-refractivity contribution < 1.29 is 18.7 Å². The van der Waals surface area contributed by atoms with Crippen LogP contribution in [0.5, 0.6) is 11.5 Å². The molecule has 2 heterocycles. The number of nitrogens with one attached hydrogen (secondary N) is 3. The number of hydrazine groups is 1. The molecule has 0 radical (unpaired) electrons. The van der Waals surface area contributed by atoms with E-state index in [1.807, 2.05) is 18.2 Å². The molecule has 3 atom stereocenters. The molecular formula is C20H23FN4O3S. The average Bonchev–Trinajstić information content (AvgIpc) is 3.17. The number of benzene rings is 2. The Morgan fingerprint density at radius 2 is 1.83 bits per heavy atom. The van der Waals surface area contributed by atoms with Crippen LogP contribution in [-0.2, 0) is 5.75 Å². The lowest BCUT2D eigenvalue weighted by molar-refractivity contribution is 0.128. The van der Waals surface area contributed by atoms with Gasteiger partial charge in [-0.3, -0.25) is 5.32 Å². The van der Waals surface area contributed by atoms with E-state index in [9.17, 15) is 9.18 Å². The summed E-state index contributed by atoms with van der Waals surface area (Å²) in [5.41, 5.74) is 4.87. The Morgan fingerprint density at radius 3 is 2.48 bits per heavy atom. The molecule has 4 rings (SSSR count). The van der Waals surface area contributed by atoms with Crippen molar-refractivity contribution in [3.05, 3.63) is 59.4 Å². The molecule has 2 amide bonds. The molecule has 2 aromatic carbocycles. The number of hydrogen-bond donors (Lipinski definition) is 3. The van der Waals surface area contributed by atoms with Crippen molar-refractivity contribution in [3.8, 4) is 11.5 Å². The fourth-order valence-electron chi connectivity index (χ4n) is 3.58. The largest absolute Gasteiger partial charge is 0.497 e. The van der Waals surface area contributed by atoms with Crippen molar-refractivity contribution in [1.82, 2.24) is 21.1 Å². The van der Waals surface area contributed by atoms with Gasteiger partial charge in [0.2, 0.25) is 0 Å². The minimum absolute atomic E-state index is 0.0293. The quantitative estimate of drug-likeness (QED) is 0.670. The number of methoxy groups -OCH3 is 2. The third-order valence-electron chi connectivity index (χ3n) is 5.06. The average molecular weight is 418 g/mol. The summed E-state index contributed by atoms with van der Waals surface area (Å²) in [6.45, 7) is 0.598. The molecule has 2 aliphatic heterocycles. The van der Waals surface area contributed by atoms with Gasteiger partial charge >= 0.3 is 6.03 Å². The summed E-state index contributed by atoms with van der Waals surface area (Å²) in [5.74, 6) is 1.87. The highest BCUT2D eigenvalue weighted by molar-refractivity contribution is 7.99. The topological polar surface area (TPSA) is 74.9 Å². The molecule has 0 bridgehead atoms. The zero-order valence-electron chi connectivity index (χ0n) is 16.1. The molecule has 0 aromatic heterocycles. The number of thioether (sulfide) groups is 1. The van der Waals surface area contributed by atoms with Crippen molar-refractivity contribution in [2.75, 3.05) is 20.8 Å². The van der Waals surface area contributed by atoms with Gasteiger partial charge in [0, 0.05) is 24.3 Å². The highest BCUT2D eigenvalue weighted by atomic mass is 32.2. The lowest BCUT2D eigenvalue weighted by Gasteiger charge is -2.37. The second-order valence-corrected chi connectivity index (χ2v) is 7.96. The molecule has 9 heteroatoms. The SMILES string of the molecule is COc1cc(CSC2NC(=O)N3NCC(c4ccc(F)cc4)C3N2)cc(OC)c1. The fraction of sp³-hybridized carbons (Fsp3) is 0.350. The first-order chi connectivity index (χ1) is 14.1. The Bertz CT molecular complexity index is 860.